The van der Waals surface area contributed by atoms with Crippen LogP contribution in [0.15, 0.2) is 54.6 Å². The van der Waals surface area contributed by atoms with Crippen LogP contribution in [-0.4, -0.2) is 14.2 Å². The minimum absolute atomic E-state index is 0.475. The van der Waals surface area contributed by atoms with Gasteiger partial charge in [0.1, 0.15) is 5.75 Å². The average molecular weight is 285 g/mol. The fraction of sp³-hybridized carbons (Fsp3) is 0.188. The van der Waals surface area contributed by atoms with E-state index in [1.807, 2.05) is 30.3 Å². The molecular formula is C16H19NO2Si. The number of rotatable bonds is 3. The monoisotopic (exact) mass is 285 g/mol. The first kappa shape index (κ1) is 14.3. The highest BCUT2D eigenvalue weighted by Gasteiger charge is 2.15. The summed E-state index contributed by atoms with van der Waals surface area (Å²) < 4.78 is 5.17. The maximum Gasteiger partial charge on any atom is 0.417 e. The molecule has 20 heavy (non-hydrogen) atoms. The third-order valence-corrected chi connectivity index (χ3v) is 5.02. The predicted octanol–water partition coefficient (Wildman–Crippen LogP) is 3.84. The molecule has 0 aromatic heterocycles. The van der Waals surface area contributed by atoms with Gasteiger partial charge in [-0.15, -0.1) is 0 Å². The molecule has 2 aromatic carbocycles. The third kappa shape index (κ3) is 3.96. The highest BCUT2D eigenvalue weighted by atomic mass is 28.3. The summed E-state index contributed by atoms with van der Waals surface area (Å²) in [5, 5.41) is 4.08. The SMILES string of the molecule is C[Si](C)(C)c1ccc(NC(=O)Oc2ccccc2)cc1. The lowest BCUT2D eigenvalue weighted by molar-refractivity contribution is 0.215. The molecule has 2 aromatic rings. The standard InChI is InChI=1S/C16H19NO2Si/c1-20(2,3)15-11-9-13(10-12-15)17-16(18)19-14-7-5-4-6-8-14/h4-12H,1-3H3,(H,17,18). The summed E-state index contributed by atoms with van der Waals surface area (Å²) in [5.41, 5.74) is 0.743. The number of hydrogen-bond acceptors (Lipinski definition) is 2. The Bertz CT molecular complexity index is 574. The molecule has 1 N–H and O–H groups in total. The number of amides is 1. The lowest BCUT2D eigenvalue weighted by Crippen LogP contribution is -2.37. The van der Waals surface area contributed by atoms with Gasteiger partial charge in [0.05, 0.1) is 8.07 Å². The van der Waals surface area contributed by atoms with Gasteiger partial charge in [0.25, 0.3) is 0 Å². The van der Waals surface area contributed by atoms with E-state index in [1.165, 1.54) is 5.19 Å². The van der Waals surface area contributed by atoms with Crippen LogP contribution in [0.3, 0.4) is 0 Å². The van der Waals surface area contributed by atoms with Crippen LogP contribution in [0.2, 0.25) is 19.6 Å². The molecule has 0 aliphatic heterocycles. The Kier molecular flexibility index (Phi) is 4.25. The van der Waals surface area contributed by atoms with E-state index in [-0.39, 0.29) is 0 Å². The maximum absolute atomic E-state index is 11.7. The van der Waals surface area contributed by atoms with Crippen LogP contribution < -0.4 is 15.2 Å². The van der Waals surface area contributed by atoms with Gasteiger partial charge in [-0.3, -0.25) is 5.32 Å². The molecule has 4 heteroatoms. The number of ether oxygens (including phenoxy) is 1. The van der Waals surface area contributed by atoms with Crippen molar-refractivity contribution in [3.63, 3.8) is 0 Å². The fourth-order valence-corrected chi connectivity index (χ4v) is 2.96. The molecule has 0 radical (unpaired) electrons. The van der Waals surface area contributed by atoms with Crippen molar-refractivity contribution in [2.24, 2.45) is 0 Å². The first-order valence-corrected chi connectivity index (χ1v) is 10.1. The van der Waals surface area contributed by atoms with Crippen molar-refractivity contribution in [2.75, 3.05) is 5.32 Å². The van der Waals surface area contributed by atoms with E-state index < -0.39 is 14.2 Å². The van der Waals surface area contributed by atoms with Gasteiger partial charge in [0, 0.05) is 5.69 Å². The van der Waals surface area contributed by atoms with Crippen molar-refractivity contribution in [1.82, 2.24) is 0 Å². The second kappa shape index (κ2) is 5.92. The van der Waals surface area contributed by atoms with Gasteiger partial charge in [-0.05, 0) is 24.3 Å². The van der Waals surface area contributed by atoms with Gasteiger partial charge in [-0.1, -0.05) is 55.2 Å². The lowest BCUT2D eigenvalue weighted by Gasteiger charge is -2.16. The molecule has 0 spiro atoms. The second-order valence-corrected chi connectivity index (χ2v) is 10.7. The second-order valence-electron chi connectivity index (χ2n) is 5.65. The summed E-state index contributed by atoms with van der Waals surface area (Å²) in [7, 11) is -1.30. The van der Waals surface area contributed by atoms with E-state index in [9.17, 15) is 4.79 Å². The number of nitrogens with one attached hydrogen (secondary N) is 1. The summed E-state index contributed by atoms with van der Waals surface area (Å²) in [6.45, 7) is 6.87. The Morgan fingerprint density at radius 3 is 2.10 bits per heavy atom. The van der Waals surface area contributed by atoms with Crippen LogP contribution in [0.1, 0.15) is 0 Å². The molecule has 0 aliphatic carbocycles. The van der Waals surface area contributed by atoms with E-state index in [0.29, 0.717) is 5.75 Å². The minimum Gasteiger partial charge on any atom is -0.410 e. The van der Waals surface area contributed by atoms with Crippen molar-refractivity contribution in [3.8, 4) is 5.75 Å². The Labute approximate surface area is 120 Å². The molecule has 0 bridgehead atoms. The summed E-state index contributed by atoms with van der Waals surface area (Å²) >= 11 is 0. The molecular weight excluding hydrogens is 266 g/mol. The van der Waals surface area contributed by atoms with E-state index >= 15 is 0 Å². The van der Waals surface area contributed by atoms with E-state index in [2.05, 4.69) is 37.1 Å². The molecule has 0 atom stereocenters. The maximum atomic E-state index is 11.7. The average Bonchev–Trinajstić information content (AvgIpc) is 2.39. The molecule has 0 fully saturated rings. The topological polar surface area (TPSA) is 38.3 Å². The Morgan fingerprint density at radius 2 is 1.55 bits per heavy atom. The van der Waals surface area contributed by atoms with Crippen LogP contribution in [0.25, 0.3) is 0 Å². The molecule has 2 rings (SSSR count). The van der Waals surface area contributed by atoms with Gasteiger partial charge >= 0.3 is 6.09 Å². The quantitative estimate of drug-likeness (QED) is 0.870. The van der Waals surface area contributed by atoms with Gasteiger partial charge in [-0.25, -0.2) is 4.79 Å². The van der Waals surface area contributed by atoms with Crippen LogP contribution in [-0.2, 0) is 0 Å². The lowest BCUT2D eigenvalue weighted by atomic mass is 10.3. The number of anilines is 1. The zero-order valence-electron chi connectivity index (χ0n) is 12.0. The summed E-state index contributed by atoms with van der Waals surface area (Å²) in [5.74, 6) is 0.531. The van der Waals surface area contributed by atoms with E-state index in [1.54, 1.807) is 12.1 Å². The zero-order valence-corrected chi connectivity index (χ0v) is 13.0. The fourth-order valence-electron chi connectivity index (χ4n) is 1.79. The van der Waals surface area contributed by atoms with Crippen molar-refractivity contribution in [2.45, 2.75) is 19.6 Å². The highest BCUT2D eigenvalue weighted by molar-refractivity contribution is 6.88. The van der Waals surface area contributed by atoms with Crippen molar-refractivity contribution < 1.29 is 9.53 Å². The molecule has 0 heterocycles. The number of benzene rings is 2. The zero-order chi connectivity index (χ0) is 14.6. The van der Waals surface area contributed by atoms with Gasteiger partial charge in [-0.2, -0.15) is 0 Å². The normalized spacial score (nSPS) is 10.9. The predicted molar refractivity (Wildman–Crippen MR) is 85.5 cm³/mol. The number of para-hydroxylation sites is 1. The third-order valence-electron chi connectivity index (χ3n) is 2.95. The van der Waals surface area contributed by atoms with Crippen molar-refractivity contribution in [3.05, 3.63) is 54.6 Å². The Hall–Kier alpha value is -2.07. The largest absolute Gasteiger partial charge is 0.417 e. The number of hydrogen-bond donors (Lipinski definition) is 1. The summed E-state index contributed by atoms with van der Waals surface area (Å²) in [6, 6.07) is 17.0. The first-order chi connectivity index (χ1) is 9.45. The summed E-state index contributed by atoms with van der Waals surface area (Å²) in [6.07, 6.45) is -0.475. The molecule has 0 unspecified atom stereocenters. The summed E-state index contributed by atoms with van der Waals surface area (Å²) in [4.78, 5) is 11.7. The number of carbonyl (C=O) groups excluding carboxylic acids is 1. The molecule has 1 amide bonds. The van der Waals surface area contributed by atoms with Crippen LogP contribution >= 0.6 is 0 Å². The van der Waals surface area contributed by atoms with Crippen LogP contribution in [0.5, 0.6) is 5.75 Å². The van der Waals surface area contributed by atoms with Gasteiger partial charge in [0.2, 0.25) is 0 Å². The van der Waals surface area contributed by atoms with E-state index in [0.717, 1.165) is 5.69 Å². The van der Waals surface area contributed by atoms with Crippen LogP contribution in [0.4, 0.5) is 10.5 Å². The molecule has 0 saturated heterocycles. The first-order valence-electron chi connectivity index (χ1n) is 6.59. The molecule has 0 saturated carbocycles. The Balaban J connectivity index is 1.98. The molecule has 104 valence electrons. The minimum atomic E-state index is -1.30. The smallest absolute Gasteiger partial charge is 0.410 e. The van der Waals surface area contributed by atoms with Gasteiger partial charge < -0.3 is 4.74 Å². The van der Waals surface area contributed by atoms with E-state index in [4.69, 9.17) is 4.74 Å². The van der Waals surface area contributed by atoms with Gasteiger partial charge in [0.15, 0.2) is 0 Å². The number of carbonyl (C=O) groups is 1. The highest BCUT2D eigenvalue weighted by Crippen LogP contribution is 2.12. The van der Waals surface area contributed by atoms with Crippen LogP contribution in [0, 0.1) is 0 Å². The van der Waals surface area contributed by atoms with Crippen molar-refractivity contribution >= 4 is 25.0 Å². The van der Waals surface area contributed by atoms with Crippen molar-refractivity contribution in [1.29, 1.82) is 0 Å². The molecule has 3 nitrogen and oxygen atoms in total. The molecule has 0 aliphatic rings. The Morgan fingerprint density at radius 1 is 0.950 bits per heavy atom.